The molecule has 0 spiro atoms. The number of benzene rings is 2. The van der Waals surface area contributed by atoms with E-state index >= 15 is 0 Å². The van der Waals surface area contributed by atoms with Gasteiger partial charge in [0.15, 0.2) is 12.4 Å². The van der Waals surface area contributed by atoms with Crippen LogP contribution in [0.25, 0.3) is 10.8 Å². The molecule has 170 valence electrons. The quantitative estimate of drug-likeness (QED) is 0.376. The molecule has 1 heterocycles. The van der Waals surface area contributed by atoms with E-state index in [-0.39, 0.29) is 0 Å². The van der Waals surface area contributed by atoms with Crippen LogP contribution < -0.4 is 10.1 Å². The van der Waals surface area contributed by atoms with E-state index in [4.69, 9.17) is 23.8 Å². The summed E-state index contributed by atoms with van der Waals surface area (Å²) in [6, 6.07) is 9.28. The Morgan fingerprint density at radius 1 is 1.16 bits per heavy atom. The lowest BCUT2D eigenvalue weighted by Gasteiger charge is -2.39. The maximum atomic E-state index is 11.4. The second-order valence-corrected chi connectivity index (χ2v) is 7.04. The predicted octanol–water partition coefficient (Wildman–Crippen LogP) is 0.494. The van der Waals surface area contributed by atoms with Crippen LogP contribution in [0.2, 0.25) is 0 Å². The molecule has 0 unspecified atom stereocenters. The zero-order valence-corrected chi connectivity index (χ0v) is 16.3. The monoisotopic (exact) mass is 442 g/mol. The van der Waals surface area contributed by atoms with Crippen LogP contribution >= 0.6 is 0 Å². The molecule has 1 saturated heterocycles. The summed E-state index contributed by atoms with van der Waals surface area (Å²) in [4.78, 5) is 11.4. The normalized spacial score (nSPS) is 31.8. The van der Waals surface area contributed by atoms with E-state index in [1.807, 2.05) is 18.2 Å². The van der Waals surface area contributed by atoms with Gasteiger partial charge < -0.3 is 40.0 Å². The average molecular weight is 443 g/mol. The third-order valence-corrected chi connectivity index (χ3v) is 4.82. The highest BCUT2D eigenvalue weighted by atomic mass is 16.7. The lowest BCUT2D eigenvalue weighted by atomic mass is 9.99. The topological polar surface area (TPSA) is 138 Å². The van der Waals surface area contributed by atoms with Gasteiger partial charge in [0.25, 0.3) is 0 Å². The SMILES string of the molecule is [2H]C([2H])([2H])C([2H])(NC[C@@H](COc1cccc2ccccc12)O[C@@H]1O[C@H](C(=O)O)[C@@H](O)[C@H](O)[C@H]1O)C([2H])([2H])[2H]. The van der Waals surface area contributed by atoms with E-state index in [1.165, 1.54) is 0 Å². The fraction of sp³-hybridized carbons (Fsp3) is 0.500. The zero-order chi connectivity index (χ0) is 28.5. The molecular formula is C22H29NO8. The maximum Gasteiger partial charge on any atom is 0.335 e. The van der Waals surface area contributed by atoms with Gasteiger partial charge in [0.1, 0.15) is 36.8 Å². The van der Waals surface area contributed by atoms with Crippen LogP contribution in [0.15, 0.2) is 42.5 Å². The molecule has 9 heteroatoms. The number of hydrogen-bond donors (Lipinski definition) is 5. The van der Waals surface area contributed by atoms with Crippen molar-refractivity contribution in [1.29, 1.82) is 0 Å². The minimum Gasteiger partial charge on any atom is -0.490 e. The Balaban J connectivity index is 1.87. The van der Waals surface area contributed by atoms with Gasteiger partial charge in [-0.15, -0.1) is 0 Å². The molecule has 0 aliphatic carbocycles. The second-order valence-electron chi connectivity index (χ2n) is 7.04. The Bertz CT molecular complexity index is 1100. The van der Waals surface area contributed by atoms with Gasteiger partial charge in [0, 0.05) is 27.5 Å². The lowest BCUT2D eigenvalue weighted by molar-refractivity contribution is -0.305. The van der Waals surface area contributed by atoms with Gasteiger partial charge in [-0.25, -0.2) is 4.79 Å². The molecule has 0 radical (unpaired) electrons. The Morgan fingerprint density at radius 3 is 2.65 bits per heavy atom. The van der Waals surface area contributed by atoms with Gasteiger partial charge >= 0.3 is 5.97 Å². The third kappa shape index (κ3) is 5.70. The summed E-state index contributed by atoms with van der Waals surface area (Å²) in [5.74, 6) is -1.27. The predicted molar refractivity (Wildman–Crippen MR) is 112 cm³/mol. The van der Waals surface area contributed by atoms with Crippen LogP contribution in [0.5, 0.6) is 5.75 Å². The third-order valence-electron chi connectivity index (χ3n) is 4.82. The van der Waals surface area contributed by atoms with Gasteiger partial charge in [0.2, 0.25) is 0 Å². The molecule has 31 heavy (non-hydrogen) atoms. The molecule has 0 saturated carbocycles. The number of aliphatic carboxylic acids is 1. The Labute approximate surface area is 190 Å². The molecule has 3 rings (SSSR count). The van der Waals surface area contributed by atoms with Crippen molar-refractivity contribution in [3.63, 3.8) is 0 Å². The lowest BCUT2D eigenvalue weighted by Crippen LogP contribution is -2.61. The summed E-state index contributed by atoms with van der Waals surface area (Å²) in [6.07, 6.45) is -11.0. The highest BCUT2D eigenvalue weighted by Gasteiger charge is 2.48. The molecule has 0 bridgehead atoms. The fourth-order valence-corrected chi connectivity index (χ4v) is 3.22. The fourth-order valence-electron chi connectivity index (χ4n) is 3.22. The minimum atomic E-state index is -3.30. The number of carboxylic acids is 1. The van der Waals surface area contributed by atoms with E-state index in [0.717, 1.165) is 5.39 Å². The van der Waals surface area contributed by atoms with Crippen molar-refractivity contribution in [2.45, 2.75) is 56.5 Å². The summed E-state index contributed by atoms with van der Waals surface area (Å²) >= 11 is 0. The van der Waals surface area contributed by atoms with Crippen molar-refractivity contribution < 1.29 is 49.0 Å². The Morgan fingerprint density at radius 2 is 1.90 bits per heavy atom. The summed E-state index contributed by atoms with van der Waals surface area (Å²) in [5.41, 5.74) is 0. The van der Waals surface area contributed by atoms with Crippen molar-refractivity contribution in [3.05, 3.63) is 42.5 Å². The van der Waals surface area contributed by atoms with Crippen LogP contribution in [-0.2, 0) is 14.3 Å². The number of aliphatic hydroxyl groups excluding tert-OH is 3. The van der Waals surface area contributed by atoms with Crippen LogP contribution in [0.4, 0.5) is 0 Å². The second kappa shape index (κ2) is 10.4. The first-order valence-electron chi connectivity index (χ1n) is 13.0. The van der Waals surface area contributed by atoms with Crippen LogP contribution in [0.1, 0.15) is 23.3 Å². The van der Waals surface area contributed by atoms with Gasteiger partial charge in [-0.1, -0.05) is 50.1 Å². The van der Waals surface area contributed by atoms with Crippen molar-refractivity contribution in [1.82, 2.24) is 5.32 Å². The number of carbonyl (C=O) groups is 1. The van der Waals surface area contributed by atoms with Crippen LogP contribution in [0, 0.1) is 0 Å². The van der Waals surface area contributed by atoms with E-state index in [9.17, 15) is 25.2 Å². The van der Waals surface area contributed by atoms with Gasteiger partial charge in [0.05, 0.1) is 0 Å². The van der Waals surface area contributed by atoms with Crippen LogP contribution in [0.3, 0.4) is 0 Å². The number of fused-ring (bicyclic) bond motifs is 1. The van der Waals surface area contributed by atoms with Gasteiger partial charge in [-0.05, 0) is 11.5 Å². The number of nitrogens with one attached hydrogen (secondary N) is 1. The highest BCUT2D eigenvalue weighted by Crippen LogP contribution is 2.26. The summed E-state index contributed by atoms with van der Waals surface area (Å²) < 4.78 is 70.2. The van der Waals surface area contributed by atoms with Crippen molar-refractivity contribution >= 4 is 16.7 Å². The molecule has 2 aromatic rings. The van der Waals surface area contributed by atoms with Crippen molar-refractivity contribution in [2.75, 3.05) is 13.2 Å². The van der Waals surface area contributed by atoms with E-state index in [1.54, 1.807) is 24.3 Å². The standard InChI is InChI=1S/C22H29NO8/c1-12(2)23-10-14(11-29-16-9-5-7-13-6-3-4-8-15(13)16)30-22-19(26)17(24)18(25)20(31-22)21(27)28/h3-9,12,14,17-20,22-26H,10-11H2,1-2H3,(H,27,28)/t14-,17-,18-,19+,20-,22+/m0/s1/i1D3,2D3,12D. The Kier molecular flexibility index (Phi) is 5.19. The van der Waals surface area contributed by atoms with Crippen molar-refractivity contribution in [3.8, 4) is 5.75 Å². The minimum absolute atomic E-state index is 0.379. The maximum absolute atomic E-state index is 11.4. The van der Waals surface area contributed by atoms with Gasteiger partial charge in [-0.2, -0.15) is 0 Å². The molecule has 1 aliphatic heterocycles. The molecule has 0 aromatic heterocycles. The summed E-state index contributed by atoms with van der Waals surface area (Å²) in [7, 11) is 0. The summed E-state index contributed by atoms with van der Waals surface area (Å²) in [6.45, 7) is -7.63. The first kappa shape index (κ1) is 15.5. The molecular weight excluding hydrogens is 406 g/mol. The number of rotatable bonds is 9. The van der Waals surface area contributed by atoms with E-state index in [2.05, 4.69) is 5.32 Å². The number of carboxylic acid groups (broad SMARTS) is 1. The molecule has 2 aromatic carbocycles. The van der Waals surface area contributed by atoms with E-state index < -0.39 is 75.7 Å². The van der Waals surface area contributed by atoms with Gasteiger partial charge in [-0.3, -0.25) is 0 Å². The number of hydrogen-bond acceptors (Lipinski definition) is 8. The molecule has 9 nitrogen and oxygen atoms in total. The molecule has 6 atom stereocenters. The van der Waals surface area contributed by atoms with Crippen molar-refractivity contribution in [2.24, 2.45) is 0 Å². The van der Waals surface area contributed by atoms with Crippen LogP contribution in [-0.4, -0.2) is 82.4 Å². The average Bonchev–Trinajstić information content (AvgIpc) is 2.83. The summed E-state index contributed by atoms with van der Waals surface area (Å²) in [5, 5.41) is 43.4. The van der Waals surface area contributed by atoms with E-state index in [0.29, 0.717) is 11.1 Å². The number of ether oxygens (including phenoxy) is 3. The molecule has 0 amide bonds. The zero-order valence-electron chi connectivity index (χ0n) is 23.3. The highest BCUT2D eigenvalue weighted by molar-refractivity contribution is 5.88. The molecule has 1 aliphatic rings. The largest absolute Gasteiger partial charge is 0.490 e. The molecule has 5 N–H and O–H groups in total. The molecule has 1 fully saturated rings. The first-order chi connectivity index (χ1) is 17.6. The smallest absolute Gasteiger partial charge is 0.335 e. The number of aliphatic hydroxyl groups is 3. The first-order valence-corrected chi connectivity index (χ1v) is 9.50. The Hall–Kier alpha value is -2.27.